The van der Waals surface area contributed by atoms with Crippen molar-refractivity contribution in [1.82, 2.24) is 15.0 Å². The normalized spacial score (nSPS) is 15.1. The molecule has 2 heterocycles. The molecule has 0 saturated carbocycles. The van der Waals surface area contributed by atoms with Crippen LogP contribution < -0.4 is 14.8 Å². The third-order valence-electron chi connectivity index (χ3n) is 5.77. The Morgan fingerprint density at radius 2 is 1.88 bits per heavy atom. The number of nitrogens with zero attached hydrogens (tertiary/aromatic N) is 1. The summed E-state index contributed by atoms with van der Waals surface area (Å²) < 4.78 is 39.1. The van der Waals surface area contributed by atoms with Gasteiger partial charge in [-0.05, 0) is 49.7 Å². The molecular weight excluding hydrogens is 442 g/mol. The minimum Gasteiger partial charge on any atom is -0.489 e. The Kier molecular flexibility index (Phi) is 6.38. The summed E-state index contributed by atoms with van der Waals surface area (Å²) in [7, 11) is -2.53. The van der Waals surface area contributed by atoms with Crippen LogP contribution >= 0.6 is 0 Å². The number of hydrogen-bond donors (Lipinski definition) is 2. The predicted molar refractivity (Wildman–Crippen MR) is 125 cm³/mol. The van der Waals surface area contributed by atoms with E-state index in [1.807, 2.05) is 38.1 Å². The van der Waals surface area contributed by atoms with E-state index in [1.165, 1.54) is 19.2 Å². The van der Waals surface area contributed by atoms with Crippen molar-refractivity contribution in [3.05, 3.63) is 65.4 Å². The molecule has 0 aliphatic carbocycles. The van der Waals surface area contributed by atoms with E-state index in [-0.39, 0.29) is 11.3 Å². The van der Waals surface area contributed by atoms with Crippen LogP contribution in [-0.2, 0) is 26.2 Å². The van der Waals surface area contributed by atoms with Crippen LogP contribution in [0.5, 0.6) is 5.75 Å². The van der Waals surface area contributed by atoms with E-state index >= 15 is 0 Å². The van der Waals surface area contributed by atoms with Gasteiger partial charge in [0, 0.05) is 29.7 Å². The fourth-order valence-electron chi connectivity index (χ4n) is 3.95. The highest BCUT2D eigenvalue weighted by Crippen LogP contribution is 2.25. The molecule has 0 spiro atoms. The van der Waals surface area contributed by atoms with Crippen molar-refractivity contribution < 1.29 is 22.7 Å². The first kappa shape index (κ1) is 23.2. The quantitative estimate of drug-likeness (QED) is 0.489. The van der Waals surface area contributed by atoms with Crippen LogP contribution in [0.3, 0.4) is 0 Å². The van der Waals surface area contributed by atoms with Crippen LogP contribution in [0.1, 0.15) is 23.2 Å². The van der Waals surface area contributed by atoms with Gasteiger partial charge in [0.1, 0.15) is 12.4 Å². The summed E-state index contributed by atoms with van der Waals surface area (Å²) in [4.78, 5) is 16.4. The molecule has 1 saturated heterocycles. The maximum absolute atomic E-state index is 12.9. The van der Waals surface area contributed by atoms with Crippen LogP contribution in [0.15, 0.2) is 53.4 Å². The molecule has 2 aromatic carbocycles. The van der Waals surface area contributed by atoms with Gasteiger partial charge in [-0.25, -0.2) is 13.1 Å². The van der Waals surface area contributed by atoms with Crippen LogP contribution in [-0.4, -0.2) is 45.1 Å². The number of para-hydroxylation sites is 1. The molecule has 33 heavy (non-hydrogen) atoms. The molecular formula is C24H27N3O5S. The van der Waals surface area contributed by atoms with E-state index in [0.717, 1.165) is 27.7 Å². The van der Waals surface area contributed by atoms with Crippen LogP contribution in [0.4, 0.5) is 0 Å². The second-order valence-electron chi connectivity index (χ2n) is 8.40. The number of methoxy groups -OCH3 is 1. The van der Waals surface area contributed by atoms with Gasteiger partial charge in [-0.3, -0.25) is 9.78 Å². The van der Waals surface area contributed by atoms with Gasteiger partial charge in [0.25, 0.3) is 0 Å². The number of aryl methyl sites for hydroxylation is 2. The van der Waals surface area contributed by atoms with Crippen molar-refractivity contribution in [1.29, 1.82) is 0 Å². The van der Waals surface area contributed by atoms with Gasteiger partial charge in [0.2, 0.25) is 10.0 Å². The van der Waals surface area contributed by atoms with Crippen molar-refractivity contribution in [3.63, 3.8) is 0 Å². The Morgan fingerprint density at radius 1 is 1.15 bits per heavy atom. The van der Waals surface area contributed by atoms with E-state index in [2.05, 4.69) is 15.0 Å². The fourth-order valence-corrected chi connectivity index (χ4v) is 5.35. The second-order valence-corrected chi connectivity index (χ2v) is 10.1. The number of hydrogen-bond acceptors (Lipinski definition) is 7. The molecule has 1 aliphatic rings. The largest absolute Gasteiger partial charge is 0.489 e. The highest BCUT2D eigenvalue weighted by Gasteiger charge is 2.43. The predicted octanol–water partition coefficient (Wildman–Crippen LogP) is 2.61. The van der Waals surface area contributed by atoms with E-state index < -0.39 is 21.5 Å². The van der Waals surface area contributed by atoms with Gasteiger partial charge < -0.3 is 14.8 Å². The summed E-state index contributed by atoms with van der Waals surface area (Å²) in [5.74, 6) is 0.0933. The number of carbonyl (C=O) groups excluding carboxylic acids is 1. The maximum atomic E-state index is 12.9. The number of nitrogens with one attached hydrogen (secondary N) is 2. The Hall–Kier alpha value is -3.01. The number of esters is 1. The first-order chi connectivity index (χ1) is 15.7. The lowest BCUT2D eigenvalue weighted by atomic mass is 9.90. The summed E-state index contributed by atoms with van der Waals surface area (Å²) in [6.45, 7) is 5.04. The van der Waals surface area contributed by atoms with Gasteiger partial charge >= 0.3 is 5.97 Å². The summed E-state index contributed by atoms with van der Waals surface area (Å²) in [6, 6.07) is 14.3. The molecule has 3 aromatic rings. The van der Waals surface area contributed by atoms with Crippen molar-refractivity contribution >= 4 is 26.9 Å². The van der Waals surface area contributed by atoms with Crippen molar-refractivity contribution in [2.45, 2.75) is 37.3 Å². The lowest BCUT2D eigenvalue weighted by Gasteiger charge is -2.41. The van der Waals surface area contributed by atoms with E-state index in [9.17, 15) is 13.2 Å². The number of pyridine rings is 1. The average Bonchev–Trinajstić information content (AvgIpc) is 2.76. The molecule has 0 unspecified atom stereocenters. The molecule has 9 heteroatoms. The third kappa shape index (κ3) is 5.00. The number of fused-ring (bicyclic) bond motifs is 1. The summed E-state index contributed by atoms with van der Waals surface area (Å²) in [6.07, 6.45) is -0.0320. The Balaban J connectivity index is 1.47. The topological polar surface area (TPSA) is 107 Å². The molecule has 174 valence electrons. The van der Waals surface area contributed by atoms with Gasteiger partial charge in [0.05, 0.1) is 29.5 Å². The lowest BCUT2D eigenvalue weighted by molar-refractivity contribution is -0.142. The van der Waals surface area contributed by atoms with Crippen molar-refractivity contribution in [2.75, 3.05) is 20.2 Å². The molecule has 0 amide bonds. The van der Waals surface area contributed by atoms with Gasteiger partial charge in [0.15, 0.2) is 0 Å². The van der Waals surface area contributed by atoms with Crippen LogP contribution in [0.25, 0.3) is 10.9 Å². The van der Waals surface area contributed by atoms with Crippen molar-refractivity contribution in [3.8, 4) is 5.75 Å². The molecule has 0 radical (unpaired) electrons. The monoisotopic (exact) mass is 469 g/mol. The zero-order chi connectivity index (χ0) is 23.6. The number of benzene rings is 2. The number of aromatic nitrogens is 1. The van der Waals surface area contributed by atoms with Gasteiger partial charge in [-0.2, -0.15) is 0 Å². The molecule has 1 fully saturated rings. The summed E-state index contributed by atoms with van der Waals surface area (Å²) >= 11 is 0. The summed E-state index contributed by atoms with van der Waals surface area (Å²) in [5, 5.41) is 4.04. The van der Waals surface area contributed by atoms with Gasteiger partial charge in [-0.1, -0.05) is 18.2 Å². The molecule has 0 atom stereocenters. The second kappa shape index (κ2) is 9.09. The van der Waals surface area contributed by atoms with Gasteiger partial charge in [-0.15, -0.1) is 0 Å². The third-order valence-corrected chi connectivity index (χ3v) is 7.37. The van der Waals surface area contributed by atoms with Crippen LogP contribution in [0, 0.1) is 13.8 Å². The number of rotatable bonds is 8. The SMILES string of the molecule is COC(=O)CC1(NS(=O)(=O)c2ccc(OCc3cc(C)nc4c(C)cccc34)cc2)CNC1. The number of carbonyl (C=O) groups is 1. The zero-order valence-corrected chi connectivity index (χ0v) is 19.7. The molecule has 4 rings (SSSR count). The zero-order valence-electron chi connectivity index (χ0n) is 18.8. The van der Waals surface area contributed by atoms with Crippen molar-refractivity contribution in [2.24, 2.45) is 0 Å². The van der Waals surface area contributed by atoms with E-state index in [0.29, 0.717) is 25.4 Å². The Morgan fingerprint density at radius 3 is 2.52 bits per heavy atom. The minimum atomic E-state index is -3.82. The number of sulfonamides is 1. The Labute approximate surface area is 193 Å². The molecule has 8 nitrogen and oxygen atoms in total. The average molecular weight is 470 g/mol. The molecule has 1 aromatic heterocycles. The number of ether oxygens (including phenoxy) is 2. The van der Waals surface area contributed by atoms with E-state index in [1.54, 1.807) is 12.1 Å². The summed E-state index contributed by atoms with van der Waals surface area (Å²) in [5.41, 5.74) is 3.11. The maximum Gasteiger partial charge on any atom is 0.307 e. The fraction of sp³-hybridized carbons (Fsp3) is 0.333. The first-order valence-corrected chi connectivity index (χ1v) is 12.1. The molecule has 2 N–H and O–H groups in total. The highest BCUT2D eigenvalue weighted by molar-refractivity contribution is 7.89. The molecule has 1 aliphatic heterocycles. The smallest absolute Gasteiger partial charge is 0.307 e. The first-order valence-electron chi connectivity index (χ1n) is 10.6. The Bertz CT molecular complexity index is 1290. The van der Waals surface area contributed by atoms with E-state index in [4.69, 9.17) is 9.47 Å². The minimum absolute atomic E-state index is 0.0320. The molecule has 0 bridgehead atoms. The van der Waals surface area contributed by atoms with Crippen LogP contribution in [0.2, 0.25) is 0 Å². The lowest BCUT2D eigenvalue weighted by Crippen LogP contribution is -2.69. The standard InChI is InChI=1S/C24H27N3O5S/c1-16-5-4-6-21-18(11-17(2)26-23(16)21)13-32-19-7-9-20(10-8-19)33(29,30)27-24(14-25-15-24)12-22(28)31-3/h4-11,25,27H,12-15H2,1-3H3. The highest BCUT2D eigenvalue weighted by atomic mass is 32.2.